The summed E-state index contributed by atoms with van der Waals surface area (Å²) in [5.74, 6) is -2.88. The summed E-state index contributed by atoms with van der Waals surface area (Å²) in [4.78, 5) is 8.90. The van der Waals surface area contributed by atoms with Gasteiger partial charge >= 0.3 is 12.1 Å². The van der Waals surface area contributed by atoms with Crippen molar-refractivity contribution in [2.75, 3.05) is 7.05 Å². The Hall–Kier alpha value is -1.96. The number of alkyl halides is 3. The molecule has 0 heterocycles. The van der Waals surface area contributed by atoms with Crippen LogP contribution < -0.4 is 5.32 Å². The summed E-state index contributed by atoms with van der Waals surface area (Å²) in [7, 11) is 1.89. The number of halogens is 3. The average Bonchev–Trinajstić information content (AvgIpc) is 2.33. The lowest BCUT2D eigenvalue weighted by Crippen LogP contribution is -2.23. The first-order chi connectivity index (χ1) is 9.07. The average molecular weight is 295 g/mol. The van der Waals surface area contributed by atoms with Crippen molar-refractivity contribution in [3.05, 3.63) is 23.8 Å². The van der Waals surface area contributed by atoms with Gasteiger partial charge in [0.1, 0.15) is 0 Å². The Morgan fingerprint density at radius 2 is 1.80 bits per heavy atom. The fourth-order valence-corrected chi connectivity index (χ4v) is 1.15. The number of carbonyl (C=O) groups is 1. The molecule has 0 saturated heterocycles. The maximum absolute atomic E-state index is 10.6. The van der Waals surface area contributed by atoms with Gasteiger partial charge in [-0.05, 0) is 38.1 Å². The highest BCUT2D eigenvalue weighted by Crippen LogP contribution is 2.25. The van der Waals surface area contributed by atoms with Crippen molar-refractivity contribution in [1.82, 2.24) is 5.32 Å². The van der Waals surface area contributed by atoms with Crippen LogP contribution in [0, 0.1) is 0 Å². The number of likely N-dealkylation sites (N-methyl/N-ethyl adjacent to an activating group) is 1. The Labute approximate surface area is 113 Å². The molecule has 0 aliphatic carbocycles. The zero-order chi connectivity index (χ0) is 15.9. The van der Waals surface area contributed by atoms with Crippen LogP contribution in [0.25, 0.3) is 0 Å². The predicted octanol–water partition coefficient (Wildman–Crippen LogP) is 1.88. The Balaban J connectivity index is 0.000000441. The van der Waals surface area contributed by atoms with Crippen molar-refractivity contribution in [2.45, 2.75) is 25.6 Å². The molecule has 114 valence electrons. The van der Waals surface area contributed by atoms with Crippen LogP contribution in [0.1, 0.15) is 12.5 Å². The molecule has 8 heteroatoms. The lowest BCUT2D eigenvalue weighted by molar-refractivity contribution is -0.192. The highest BCUT2D eigenvalue weighted by Gasteiger charge is 2.38. The Bertz CT molecular complexity index is 449. The van der Waals surface area contributed by atoms with Crippen molar-refractivity contribution in [3.63, 3.8) is 0 Å². The lowest BCUT2D eigenvalue weighted by atomic mass is 10.1. The third-order valence-electron chi connectivity index (χ3n) is 2.32. The number of carboxylic acid groups (broad SMARTS) is 1. The number of nitrogens with one attached hydrogen (secondary N) is 1. The molecule has 4 N–H and O–H groups in total. The predicted molar refractivity (Wildman–Crippen MR) is 65.7 cm³/mol. The number of benzene rings is 1. The van der Waals surface area contributed by atoms with Crippen LogP contribution in [0.3, 0.4) is 0 Å². The summed E-state index contributed by atoms with van der Waals surface area (Å²) in [6.45, 7) is 2.06. The molecule has 0 amide bonds. The second kappa shape index (κ2) is 7.59. The fourth-order valence-electron chi connectivity index (χ4n) is 1.15. The van der Waals surface area contributed by atoms with Crippen molar-refractivity contribution in [3.8, 4) is 11.5 Å². The molecular weight excluding hydrogens is 279 g/mol. The largest absolute Gasteiger partial charge is 0.504 e. The summed E-state index contributed by atoms with van der Waals surface area (Å²) in [6, 6.07) is 5.27. The Kier molecular flexibility index (Phi) is 6.84. The highest BCUT2D eigenvalue weighted by atomic mass is 19.4. The normalized spacial score (nSPS) is 12.2. The number of aromatic hydroxyl groups is 2. The summed E-state index contributed by atoms with van der Waals surface area (Å²) < 4.78 is 31.7. The minimum atomic E-state index is -5.08. The van der Waals surface area contributed by atoms with Gasteiger partial charge in [0.05, 0.1) is 0 Å². The van der Waals surface area contributed by atoms with Gasteiger partial charge in [-0.2, -0.15) is 13.2 Å². The van der Waals surface area contributed by atoms with Crippen LogP contribution in [0.15, 0.2) is 18.2 Å². The summed E-state index contributed by atoms with van der Waals surface area (Å²) in [6.07, 6.45) is -4.25. The van der Waals surface area contributed by atoms with E-state index in [1.165, 1.54) is 6.07 Å². The van der Waals surface area contributed by atoms with Gasteiger partial charge in [0, 0.05) is 6.04 Å². The second-order valence-electron chi connectivity index (χ2n) is 4.02. The van der Waals surface area contributed by atoms with Crippen molar-refractivity contribution < 1.29 is 33.3 Å². The number of phenolic OH excluding ortho intramolecular Hbond substituents is 2. The number of rotatable bonds is 3. The summed E-state index contributed by atoms with van der Waals surface area (Å²) in [5.41, 5.74) is 1.01. The minimum absolute atomic E-state index is 0.0548. The maximum Gasteiger partial charge on any atom is 0.490 e. The number of hydrogen-bond acceptors (Lipinski definition) is 4. The van der Waals surface area contributed by atoms with E-state index in [-0.39, 0.29) is 11.5 Å². The molecule has 20 heavy (non-hydrogen) atoms. The van der Waals surface area contributed by atoms with E-state index in [2.05, 4.69) is 12.2 Å². The quantitative estimate of drug-likeness (QED) is 0.639. The van der Waals surface area contributed by atoms with E-state index in [9.17, 15) is 18.3 Å². The topological polar surface area (TPSA) is 89.8 Å². The minimum Gasteiger partial charge on any atom is -0.504 e. The molecule has 0 aliphatic rings. The standard InChI is InChI=1S/C10H15NO2.C2HF3O2/c1-7(11-2)5-8-3-4-9(12)10(13)6-8;3-2(4,5)1(6)7/h3-4,6-7,11-13H,5H2,1-2H3;(H,6,7). The summed E-state index contributed by atoms with van der Waals surface area (Å²) >= 11 is 0. The number of phenols is 2. The molecular formula is C12H16F3NO4. The van der Waals surface area contributed by atoms with Gasteiger partial charge in [0.15, 0.2) is 11.5 Å². The van der Waals surface area contributed by atoms with Gasteiger partial charge < -0.3 is 20.6 Å². The third-order valence-corrected chi connectivity index (χ3v) is 2.32. The molecule has 0 aliphatic heterocycles. The van der Waals surface area contributed by atoms with E-state index in [0.29, 0.717) is 6.04 Å². The first kappa shape index (κ1) is 18.0. The van der Waals surface area contributed by atoms with E-state index in [1.54, 1.807) is 6.07 Å². The molecule has 5 nitrogen and oxygen atoms in total. The number of hydrogen-bond donors (Lipinski definition) is 4. The van der Waals surface area contributed by atoms with Crippen LogP contribution in [0.2, 0.25) is 0 Å². The van der Waals surface area contributed by atoms with Gasteiger partial charge in [-0.25, -0.2) is 4.79 Å². The molecule has 1 rings (SSSR count). The Morgan fingerprint density at radius 3 is 2.15 bits per heavy atom. The molecule has 1 aromatic rings. The fraction of sp³-hybridized carbons (Fsp3) is 0.417. The van der Waals surface area contributed by atoms with Gasteiger partial charge in [-0.3, -0.25) is 0 Å². The SMILES string of the molecule is CNC(C)Cc1ccc(O)c(O)c1.O=C(O)C(F)(F)F. The molecule has 0 saturated carbocycles. The van der Waals surface area contributed by atoms with Crippen molar-refractivity contribution >= 4 is 5.97 Å². The van der Waals surface area contributed by atoms with Gasteiger partial charge in [-0.15, -0.1) is 0 Å². The molecule has 0 fully saturated rings. The first-order valence-corrected chi connectivity index (χ1v) is 5.56. The summed E-state index contributed by atoms with van der Waals surface area (Å²) in [5, 5.41) is 28.5. The molecule has 1 unspecified atom stereocenters. The maximum atomic E-state index is 10.6. The van der Waals surface area contributed by atoms with Crippen LogP contribution in [0.4, 0.5) is 13.2 Å². The van der Waals surface area contributed by atoms with Gasteiger partial charge in [0.2, 0.25) is 0 Å². The third kappa shape index (κ3) is 6.83. The van der Waals surface area contributed by atoms with E-state index in [4.69, 9.17) is 15.0 Å². The molecule has 0 radical (unpaired) electrons. The smallest absolute Gasteiger partial charge is 0.490 e. The van der Waals surface area contributed by atoms with E-state index < -0.39 is 12.1 Å². The van der Waals surface area contributed by atoms with Crippen LogP contribution >= 0.6 is 0 Å². The molecule has 0 aromatic heterocycles. The molecule has 0 bridgehead atoms. The van der Waals surface area contributed by atoms with E-state index in [0.717, 1.165) is 12.0 Å². The highest BCUT2D eigenvalue weighted by molar-refractivity contribution is 5.73. The second-order valence-corrected chi connectivity index (χ2v) is 4.02. The van der Waals surface area contributed by atoms with E-state index in [1.807, 2.05) is 13.1 Å². The van der Waals surface area contributed by atoms with Gasteiger partial charge in [-0.1, -0.05) is 6.07 Å². The zero-order valence-corrected chi connectivity index (χ0v) is 10.9. The van der Waals surface area contributed by atoms with Crippen molar-refractivity contribution in [2.24, 2.45) is 0 Å². The van der Waals surface area contributed by atoms with Gasteiger partial charge in [0.25, 0.3) is 0 Å². The van der Waals surface area contributed by atoms with Crippen LogP contribution in [-0.4, -0.2) is 40.6 Å². The zero-order valence-electron chi connectivity index (χ0n) is 10.9. The molecule has 1 aromatic carbocycles. The van der Waals surface area contributed by atoms with Crippen LogP contribution in [0.5, 0.6) is 11.5 Å². The molecule has 1 atom stereocenters. The Morgan fingerprint density at radius 1 is 1.30 bits per heavy atom. The van der Waals surface area contributed by atoms with Crippen molar-refractivity contribution in [1.29, 1.82) is 0 Å². The first-order valence-electron chi connectivity index (χ1n) is 5.56. The number of aliphatic carboxylic acids is 1. The number of carboxylic acids is 1. The van der Waals surface area contributed by atoms with Crippen LogP contribution in [-0.2, 0) is 11.2 Å². The monoisotopic (exact) mass is 295 g/mol. The lowest BCUT2D eigenvalue weighted by Gasteiger charge is -2.10. The molecule has 0 spiro atoms. The van der Waals surface area contributed by atoms with E-state index >= 15 is 0 Å².